The van der Waals surface area contributed by atoms with Gasteiger partial charge in [-0.05, 0) is 43.7 Å². The SMILES string of the molecule is Cc1cc(Cl)ccc1O[C@@H](C)c1nnc(NC(=O)c2cccc([N+](=O)[O-])c2)s1. The van der Waals surface area contributed by atoms with Gasteiger partial charge < -0.3 is 4.74 Å². The summed E-state index contributed by atoms with van der Waals surface area (Å²) in [6.07, 6.45) is -0.388. The summed E-state index contributed by atoms with van der Waals surface area (Å²) >= 11 is 7.11. The van der Waals surface area contributed by atoms with Gasteiger partial charge >= 0.3 is 0 Å². The van der Waals surface area contributed by atoms with Gasteiger partial charge in [0, 0.05) is 22.7 Å². The van der Waals surface area contributed by atoms with Gasteiger partial charge in [0.25, 0.3) is 11.6 Å². The van der Waals surface area contributed by atoms with Crippen molar-refractivity contribution in [2.45, 2.75) is 20.0 Å². The van der Waals surface area contributed by atoms with E-state index in [-0.39, 0.29) is 22.5 Å². The molecule has 0 spiro atoms. The second kappa shape index (κ2) is 8.32. The minimum Gasteiger partial charge on any atom is -0.483 e. The van der Waals surface area contributed by atoms with E-state index in [2.05, 4.69) is 15.5 Å². The Morgan fingerprint density at radius 3 is 2.79 bits per heavy atom. The normalized spacial score (nSPS) is 11.7. The zero-order valence-corrected chi connectivity index (χ0v) is 16.5. The molecule has 3 aromatic rings. The van der Waals surface area contributed by atoms with Crippen molar-refractivity contribution in [1.82, 2.24) is 10.2 Å². The van der Waals surface area contributed by atoms with Crippen LogP contribution in [0.1, 0.15) is 34.0 Å². The molecule has 0 saturated heterocycles. The highest BCUT2D eigenvalue weighted by molar-refractivity contribution is 7.15. The van der Waals surface area contributed by atoms with E-state index >= 15 is 0 Å². The Morgan fingerprint density at radius 1 is 1.29 bits per heavy atom. The van der Waals surface area contributed by atoms with Crippen LogP contribution in [0.25, 0.3) is 0 Å². The van der Waals surface area contributed by atoms with Crippen molar-refractivity contribution in [2.24, 2.45) is 0 Å². The fourth-order valence-corrected chi connectivity index (χ4v) is 3.31. The first kappa shape index (κ1) is 19.7. The second-order valence-corrected chi connectivity index (χ2v) is 7.32. The first-order valence-corrected chi connectivity index (χ1v) is 9.35. The third kappa shape index (κ3) is 4.62. The zero-order valence-electron chi connectivity index (χ0n) is 14.9. The van der Waals surface area contributed by atoms with E-state index in [0.717, 1.165) is 16.9 Å². The van der Waals surface area contributed by atoms with Gasteiger partial charge in [0.2, 0.25) is 5.13 Å². The molecule has 0 saturated carbocycles. The zero-order chi connectivity index (χ0) is 20.3. The highest BCUT2D eigenvalue weighted by Gasteiger charge is 2.17. The number of anilines is 1. The molecule has 1 amide bonds. The van der Waals surface area contributed by atoms with Crippen molar-refractivity contribution in [2.75, 3.05) is 5.32 Å². The van der Waals surface area contributed by atoms with Crippen LogP contribution in [0.4, 0.5) is 10.8 Å². The highest BCUT2D eigenvalue weighted by Crippen LogP contribution is 2.29. The molecule has 28 heavy (non-hydrogen) atoms. The number of benzene rings is 2. The molecule has 0 radical (unpaired) electrons. The smallest absolute Gasteiger partial charge is 0.270 e. The Bertz CT molecular complexity index is 1040. The van der Waals surface area contributed by atoms with E-state index < -0.39 is 10.8 Å². The number of nitrogens with one attached hydrogen (secondary N) is 1. The summed E-state index contributed by atoms with van der Waals surface area (Å²) in [5.74, 6) is 0.169. The number of amides is 1. The number of ether oxygens (including phenoxy) is 1. The molecule has 0 fully saturated rings. The lowest BCUT2D eigenvalue weighted by atomic mass is 10.2. The number of hydrogen-bond donors (Lipinski definition) is 1. The van der Waals surface area contributed by atoms with Gasteiger partial charge in [0.1, 0.15) is 11.9 Å². The van der Waals surface area contributed by atoms with Gasteiger partial charge in [-0.1, -0.05) is 29.0 Å². The summed E-state index contributed by atoms with van der Waals surface area (Å²) in [5.41, 5.74) is 0.890. The quantitative estimate of drug-likeness (QED) is 0.455. The summed E-state index contributed by atoms with van der Waals surface area (Å²) in [7, 11) is 0. The second-order valence-electron chi connectivity index (χ2n) is 5.88. The number of halogens is 1. The predicted molar refractivity (Wildman–Crippen MR) is 106 cm³/mol. The van der Waals surface area contributed by atoms with Gasteiger partial charge in [0.15, 0.2) is 5.01 Å². The summed E-state index contributed by atoms with van der Waals surface area (Å²) < 4.78 is 5.89. The number of rotatable bonds is 6. The number of carbonyl (C=O) groups excluding carboxylic acids is 1. The Morgan fingerprint density at radius 2 is 2.07 bits per heavy atom. The van der Waals surface area contributed by atoms with E-state index in [1.807, 2.05) is 13.8 Å². The minimum atomic E-state index is -0.558. The van der Waals surface area contributed by atoms with Gasteiger partial charge in [0.05, 0.1) is 4.92 Å². The number of nitrogens with zero attached hydrogens (tertiary/aromatic N) is 3. The van der Waals surface area contributed by atoms with Crippen LogP contribution in [0.2, 0.25) is 5.02 Å². The molecule has 144 valence electrons. The molecule has 0 bridgehead atoms. The van der Waals surface area contributed by atoms with E-state index in [0.29, 0.717) is 15.8 Å². The van der Waals surface area contributed by atoms with Crippen molar-refractivity contribution in [1.29, 1.82) is 0 Å². The Labute approximate surface area is 169 Å². The number of nitro benzene ring substituents is 1. The average molecular weight is 419 g/mol. The number of nitro groups is 1. The van der Waals surface area contributed by atoms with Gasteiger partial charge in [-0.25, -0.2) is 0 Å². The molecule has 0 aliphatic carbocycles. The van der Waals surface area contributed by atoms with Crippen LogP contribution in [0.3, 0.4) is 0 Å². The maximum atomic E-state index is 12.3. The largest absolute Gasteiger partial charge is 0.483 e. The number of carbonyl (C=O) groups is 1. The number of aromatic nitrogens is 2. The number of non-ortho nitro benzene ring substituents is 1. The van der Waals surface area contributed by atoms with Crippen molar-refractivity contribution in [3.05, 3.63) is 73.7 Å². The lowest BCUT2D eigenvalue weighted by Gasteiger charge is -2.13. The molecule has 3 rings (SSSR count). The lowest BCUT2D eigenvalue weighted by molar-refractivity contribution is -0.384. The lowest BCUT2D eigenvalue weighted by Crippen LogP contribution is -2.11. The van der Waals surface area contributed by atoms with E-state index in [1.165, 1.54) is 24.3 Å². The first-order valence-electron chi connectivity index (χ1n) is 8.15. The Kier molecular flexibility index (Phi) is 5.86. The maximum Gasteiger partial charge on any atom is 0.270 e. The minimum absolute atomic E-state index is 0.159. The molecule has 8 nitrogen and oxygen atoms in total. The van der Waals surface area contributed by atoms with Crippen LogP contribution in [0.15, 0.2) is 42.5 Å². The van der Waals surface area contributed by atoms with Crippen molar-refractivity contribution < 1.29 is 14.5 Å². The predicted octanol–water partition coefficient (Wildman–Crippen LogP) is 4.80. The topological polar surface area (TPSA) is 107 Å². The summed E-state index contributed by atoms with van der Waals surface area (Å²) in [5, 5.41) is 22.9. The Balaban J connectivity index is 1.68. The molecular weight excluding hydrogens is 404 g/mol. The van der Waals surface area contributed by atoms with Crippen molar-refractivity contribution in [3.63, 3.8) is 0 Å². The molecule has 0 aliphatic heterocycles. The molecule has 1 heterocycles. The average Bonchev–Trinajstić information content (AvgIpc) is 3.12. The van der Waals surface area contributed by atoms with Crippen molar-refractivity contribution >= 4 is 39.7 Å². The highest BCUT2D eigenvalue weighted by atomic mass is 35.5. The number of aryl methyl sites for hydroxylation is 1. The van der Waals surface area contributed by atoms with E-state index in [4.69, 9.17) is 16.3 Å². The standard InChI is InChI=1S/C18H15ClN4O4S/c1-10-8-13(19)6-7-15(10)27-11(2)17-21-22-18(28-17)20-16(24)12-4-3-5-14(9-12)23(25)26/h3-9,11H,1-2H3,(H,20,22,24)/t11-/m0/s1. The van der Waals surface area contributed by atoms with Gasteiger partial charge in [-0.3, -0.25) is 20.2 Å². The van der Waals surface area contributed by atoms with Crippen LogP contribution in [-0.2, 0) is 0 Å². The fraction of sp³-hybridized carbons (Fsp3) is 0.167. The third-order valence-corrected chi connectivity index (χ3v) is 5.00. The van der Waals surface area contributed by atoms with E-state index in [9.17, 15) is 14.9 Å². The Hall–Kier alpha value is -3.04. The van der Waals surface area contributed by atoms with E-state index in [1.54, 1.807) is 18.2 Å². The maximum absolute atomic E-state index is 12.3. The van der Waals surface area contributed by atoms with Crippen LogP contribution >= 0.6 is 22.9 Å². The van der Waals surface area contributed by atoms with Gasteiger partial charge in [-0.2, -0.15) is 0 Å². The van der Waals surface area contributed by atoms with Crippen LogP contribution in [-0.4, -0.2) is 21.0 Å². The van der Waals surface area contributed by atoms with Crippen LogP contribution in [0.5, 0.6) is 5.75 Å². The molecule has 0 aliphatic rings. The molecule has 2 aromatic carbocycles. The fourth-order valence-electron chi connectivity index (χ4n) is 2.37. The summed E-state index contributed by atoms with van der Waals surface area (Å²) in [6.45, 7) is 3.71. The van der Waals surface area contributed by atoms with Crippen LogP contribution < -0.4 is 10.1 Å². The molecule has 1 N–H and O–H groups in total. The third-order valence-electron chi connectivity index (χ3n) is 3.77. The van der Waals surface area contributed by atoms with Gasteiger partial charge in [-0.15, -0.1) is 10.2 Å². The molecule has 10 heteroatoms. The van der Waals surface area contributed by atoms with Crippen LogP contribution in [0, 0.1) is 17.0 Å². The molecule has 1 aromatic heterocycles. The molecular formula is C18H15ClN4O4S. The van der Waals surface area contributed by atoms with Crippen molar-refractivity contribution in [3.8, 4) is 5.75 Å². The number of hydrogen-bond acceptors (Lipinski definition) is 7. The summed E-state index contributed by atoms with van der Waals surface area (Å²) in [4.78, 5) is 22.6. The first-order chi connectivity index (χ1) is 13.3. The monoisotopic (exact) mass is 418 g/mol. The molecule has 1 atom stereocenters. The summed E-state index contributed by atoms with van der Waals surface area (Å²) in [6, 6.07) is 10.8. The molecule has 0 unspecified atom stereocenters.